The number of aromatic nitrogens is 1. The molecule has 0 amide bonds. The fraction of sp³-hybridized carbons (Fsp3) is 0.0182. The predicted molar refractivity (Wildman–Crippen MR) is 240 cm³/mol. The quantitative estimate of drug-likeness (QED) is 0.166. The number of fused-ring (bicyclic) bond motifs is 18. The summed E-state index contributed by atoms with van der Waals surface area (Å²) in [7, 11) is 0. The minimum atomic E-state index is -0.381. The second kappa shape index (κ2) is 10.6. The van der Waals surface area contributed by atoms with Gasteiger partial charge in [0.25, 0.3) is 0 Å². The maximum Gasteiger partial charge on any atom is 0.0726 e. The van der Waals surface area contributed by atoms with Crippen LogP contribution in [0.3, 0.4) is 0 Å². The van der Waals surface area contributed by atoms with Gasteiger partial charge in [-0.15, -0.1) is 11.3 Å². The standard InChI is InChI=1S/C55H31NS/c1-5-19-45-36(13-1)37-14-2-6-20-46(37)55(45)47-21-7-3-15-38(47)39-26-25-35(31-48(39)55)56-49-22-8-4-16-40(49)43-29-33(23-27-50(43)56)34-24-28-51-44(30-34)53-41-17-9-11-32-12-10-18-42(52(32)41)54(53)57-51/h1-31H. The molecule has 0 N–H and O–H groups in total. The Bertz CT molecular complexity index is 3530. The van der Waals surface area contributed by atoms with Crippen molar-refractivity contribution in [2.24, 2.45) is 0 Å². The minimum Gasteiger partial charge on any atom is -0.309 e. The summed E-state index contributed by atoms with van der Waals surface area (Å²) in [5.74, 6) is 0. The van der Waals surface area contributed by atoms with Crippen molar-refractivity contribution in [1.29, 1.82) is 0 Å². The van der Waals surface area contributed by atoms with Crippen LogP contribution >= 0.6 is 11.3 Å². The lowest BCUT2D eigenvalue weighted by Gasteiger charge is -2.30. The van der Waals surface area contributed by atoms with Gasteiger partial charge in [0.05, 0.1) is 16.4 Å². The first-order valence-corrected chi connectivity index (χ1v) is 20.7. The second-order valence-corrected chi connectivity index (χ2v) is 17.0. The topological polar surface area (TPSA) is 4.93 Å². The molecule has 57 heavy (non-hydrogen) atoms. The van der Waals surface area contributed by atoms with Crippen LogP contribution in [-0.2, 0) is 5.41 Å². The third kappa shape index (κ3) is 3.66. The van der Waals surface area contributed by atoms with E-state index < -0.39 is 0 Å². The Balaban J connectivity index is 0.972. The Morgan fingerprint density at radius 3 is 1.70 bits per heavy atom. The van der Waals surface area contributed by atoms with Crippen molar-refractivity contribution in [2.75, 3.05) is 0 Å². The van der Waals surface area contributed by atoms with Gasteiger partial charge < -0.3 is 4.57 Å². The second-order valence-electron chi connectivity index (χ2n) is 15.9. The predicted octanol–water partition coefficient (Wildman–Crippen LogP) is 14.8. The molecule has 0 saturated heterocycles. The molecule has 11 aromatic rings. The van der Waals surface area contributed by atoms with Gasteiger partial charge >= 0.3 is 0 Å². The minimum absolute atomic E-state index is 0.381. The summed E-state index contributed by atoms with van der Waals surface area (Å²) in [5, 5.41) is 6.60. The molecule has 2 heterocycles. The molecule has 1 spiro atoms. The molecule has 0 atom stereocenters. The van der Waals surface area contributed by atoms with Crippen molar-refractivity contribution in [3.05, 3.63) is 210 Å². The van der Waals surface area contributed by atoms with Crippen molar-refractivity contribution in [3.63, 3.8) is 0 Å². The van der Waals surface area contributed by atoms with Crippen LogP contribution in [-0.4, -0.2) is 4.57 Å². The lowest BCUT2D eigenvalue weighted by Crippen LogP contribution is -2.26. The summed E-state index contributed by atoms with van der Waals surface area (Å²) in [6.07, 6.45) is 0. The molecule has 1 nitrogen and oxygen atoms in total. The van der Waals surface area contributed by atoms with E-state index in [-0.39, 0.29) is 5.41 Å². The molecule has 0 fully saturated rings. The van der Waals surface area contributed by atoms with E-state index in [1.165, 1.54) is 126 Å². The van der Waals surface area contributed by atoms with Crippen molar-refractivity contribution in [1.82, 2.24) is 4.57 Å². The highest BCUT2D eigenvalue weighted by Crippen LogP contribution is 2.63. The van der Waals surface area contributed by atoms with E-state index in [4.69, 9.17) is 0 Å². The van der Waals surface area contributed by atoms with E-state index >= 15 is 0 Å². The van der Waals surface area contributed by atoms with Crippen molar-refractivity contribution >= 4 is 54.0 Å². The van der Waals surface area contributed by atoms with Crippen molar-refractivity contribution in [2.45, 2.75) is 5.41 Å². The molecular formula is C55H31NS. The van der Waals surface area contributed by atoms with Crippen LogP contribution < -0.4 is 0 Å². The molecule has 9 aromatic carbocycles. The van der Waals surface area contributed by atoms with E-state index in [1.54, 1.807) is 0 Å². The number of rotatable bonds is 2. The van der Waals surface area contributed by atoms with E-state index in [9.17, 15) is 0 Å². The highest BCUT2D eigenvalue weighted by Gasteiger charge is 2.51. The third-order valence-electron chi connectivity index (χ3n) is 13.4. The highest BCUT2D eigenvalue weighted by molar-refractivity contribution is 7.23. The molecule has 2 aromatic heterocycles. The summed E-state index contributed by atoms with van der Waals surface area (Å²) in [6.45, 7) is 0. The Labute approximate surface area is 333 Å². The Morgan fingerprint density at radius 2 is 0.965 bits per heavy atom. The van der Waals surface area contributed by atoms with Crippen LogP contribution in [0.25, 0.3) is 103 Å². The summed E-state index contributed by atoms with van der Waals surface area (Å²) in [5.41, 5.74) is 20.6. The van der Waals surface area contributed by atoms with Gasteiger partial charge in [0.15, 0.2) is 0 Å². The molecule has 0 radical (unpaired) electrons. The average Bonchev–Trinajstić information content (AvgIpc) is 4.05. The smallest absolute Gasteiger partial charge is 0.0726 e. The van der Waals surface area contributed by atoms with E-state index in [0.717, 1.165) is 0 Å². The van der Waals surface area contributed by atoms with Gasteiger partial charge in [-0.2, -0.15) is 0 Å². The number of hydrogen-bond donors (Lipinski definition) is 0. The normalized spacial score (nSPS) is 13.8. The summed E-state index contributed by atoms with van der Waals surface area (Å²) in [4.78, 5) is 1.40. The summed E-state index contributed by atoms with van der Waals surface area (Å²) < 4.78 is 3.84. The van der Waals surface area contributed by atoms with Crippen LogP contribution in [0.2, 0.25) is 0 Å². The number of nitrogens with zero attached hydrogens (tertiary/aromatic N) is 1. The van der Waals surface area contributed by atoms with E-state index in [1.807, 2.05) is 11.3 Å². The largest absolute Gasteiger partial charge is 0.309 e. The first kappa shape index (κ1) is 30.2. The molecule has 0 aliphatic heterocycles. The molecule has 0 unspecified atom stereocenters. The number of hydrogen-bond acceptors (Lipinski definition) is 1. The Morgan fingerprint density at radius 1 is 0.386 bits per heavy atom. The number of para-hydroxylation sites is 1. The van der Waals surface area contributed by atoms with Crippen molar-refractivity contribution < 1.29 is 0 Å². The van der Waals surface area contributed by atoms with Gasteiger partial charge in [-0.1, -0.05) is 146 Å². The maximum absolute atomic E-state index is 2.50. The molecule has 14 rings (SSSR count). The van der Waals surface area contributed by atoms with Gasteiger partial charge in [-0.25, -0.2) is 0 Å². The first-order chi connectivity index (χ1) is 28.3. The van der Waals surface area contributed by atoms with Crippen LogP contribution in [0.5, 0.6) is 0 Å². The summed E-state index contributed by atoms with van der Waals surface area (Å²) in [6, 6.07) is 71.0. The zero-order valence-electron chi connectivity index (χ0n) is 30.8. The van der Waals surface area contributed by atoms with E-state index in [2.05, 4.69) is 193 Å². The van der Waals surface area contributed by atoms with Gasteiger partial charge in [0.1, 0.15) is 0 Å². The SMILES string of the molecule is c1ccc2c(c1)-c1ccccc1C21c2ccccc2-c2ccc(-n3c4ccccc4c4cc(-c5ccc6sc7c(c6c5)-c5cccc6cccc-7c56)ccc43)cc21. The molecule has 3 aliphatic rings. The third-order valence-corrected chi connectivity index (χ3v) is 14.6. The highest BCUT2D eigenvalue weighted by atomic mass is 32.1. The molecule has 3 aliphatic carbocycles. The van der Waals surface area contributed by atoms with Gasteiger partial charge in [0, 0.05) is 42.6 Å². The van der Waals surface area contributed by atoms with Crippen LogP contribution in [0.15, 0.2) is 188 Å². The Kier molecular flexibility index (Phi) is 5.65. The fourth-order valence-corrected chi connectivity index (χ4v) is 12.4. The lowest BCUT2D eigenvalue weighted by molar-refractivity contribution is 0.792. The molecule has 2 heteroatoms. The molecule has 262 valence electrons. The Hall–Kier alpha value is -7.00. The summed E-state index contributed by atoms with van der Waals surface area (Å²) >= 11 is 1.93. The van der Waals surface area contributed by atoms with Crippen LogP contribution in [0.1, 0.15) is 22.3 Å². The average molecular weight is 738 g/mol. The van der Waals surface area contributed by atoms with Gasteiger partial charge in [-0.05, 0) is 114 Å². The van der Waals surface area contributed by atoms with Gasteiger partial charge in [0.2, 0.25) is 0 Å². The lowest BCUT2D eigenvalue weighted by atomic mass is 9.70. The molecule has 0 bridgehead atoms. The maximum atomic E-state index is 2.50. The zero-order chi connectivity index (χ0) is 37.0. The number of benzene rings is 9. The number of thiophene rings is 1. The van der Waals surface area contributed by atoms with Crippen LogP contribution in [0, 0.1) is 0 Å². The van der Waals surface area contributed by atoms with Crippen molar-refractivity contribution in [3.8, 4) is 60.6 Å². The first-order valence-electron chi connectivity index (χ1n) is 19.8. The van der Waals surface area contributed by atoms with Crippen LogP contribution in [0.4, 0.5) is 0 Å². The molecular weight excluding hydrogens is 707 g/mol. The van der Waals surface area contributed by atoms with Gasteiger partial charge in [-0.3, -0.25) is 0 Å². The van der Waals surface area contributed by atoms with E-state index in [0.29, 0.717) is 0 Å². The monoisotopic (exact) mass is 737 g/mol. The molecule has 0 saturated carbocycles. The fourth-order valence-electron chi connectivity index (χ4n) is 11.1. The zero-order valence-corrected chi connectivity index (χ0v) is 31.6.